The van der Waals surface area contributed by atoms with Crippen molar-refractivity contribution in [2.45, 2.75) is 39.2 Å². The van der Waals surface area contributed by atoms with Crippen molar-refractivity contribution >= 4 is 16.9 Å². The molecule has 0 aliphatic heterocycles. The number of amides is 1. The zero-order valence-corrected chi connectivity index (χ0v) is 13.8. The van der Waals surface area contributed by atoms with Gasteiger partial charge in [0.05, 0.1) is 6.04 Å². The largest absolute Gasteiger partial charge is 0.459 e. The van der Waals surface area contributed by atoms with Gasteiger partial charge in [0.1, 0.15) is 11.3 Å². The molecule has 120 valence electrons. The van der Waals surface area contributed by atoms with Crippen LogP contribution in [0.1, 0.15) is 44.9 Å². The van der Waals surface area contributed by atoms with E-state index in [4.69, 9.17) is 4.42 Å². The van der Waals surface area contributed by atoms with Crippen LogP contribution in [0.15, 0.2) is 34.7 Å². The van der Waals surface area contributed by atoms with Crippen molar-refractivity contribution in [1.82, 2.24) is 10.2 Å². The second-order valence-electron chi connectivity index (χ2n) is 5.66. The maximum absolute atomic E-state index is 12.5. The van der Waals surface area contributed by atoms with Gasteiger partial charge in [0.25, 0.3) is 0 Å². The fraction of sp³-hybridized carbons (Fsp3) is 0.500. The lowest BCUT2D eigenvalue weighted by Gasteiger charge is -2.27. The van der Waals surface area contributed by atoms with E-state index < -0.39 is 0 Å². The topological polar surface area (TPSA) is 45.5 Å². The summed E-state index contributed by atoms with van der Waals surface area (Å²) in [6.07, 6.45) is 2.39. The Labute approximate surface area is 132 Å². The fourth-order valence-corrected chi connectivity index (χ4v) is 2.70. The van der Waals surface area contributed by atoms with Gasteiger partial charge in [-0.3, -0.25) is 4.79 Å². The summed E-state index contributed by atoms with van der Waals surface area (Å²) in [6.45, 7) is 5.77. The number of furan rings is 1. The Balaban J connectivity index is 2.14. The normalized spacial score (nSPS) is 12.5. The van der Waals surface area contributed by atoms with E-state index in [1.165, 1.54) is 0 Å². The van der Waals surface area contributed by atoms with Crippen LogP contribution < -0.4 is 5.32 Å². The first kappa shape index (κ1) is 16.6. The molecule has 1 unspecified atom stereocenters. The number of para-hydroxylation sites is 1. The number of hydrogen-bond acceptors (Lipinski definition) is 3. The van der Waals surface area contributed by atoms with Crippen molar-refractivity contribution in [3.8, 4) is 0 Å². The minimum atomic E-state index is -0.0329. The maximum atomic E-state index is 12.5. The number of carbonyl (C=O) groups is 1. The average Bonchev–Trinajstić information content (AvgIpc) is 2.96. The van der Waals surface area contributed by atoms with Gasteiger partial charge in [-0.2, -0.15) is 0 Å². The van der Waals surface area contributed by atoms with Gasteiger partial charge in [0.2, 0.25) is 5.91 Å². The molecule has 22 heavy (non-hydrogen) atoms. The molecule has 2 rings (SSSR count). The highest BCUT2D eigenvalue weighted by Gasteiger charge is 2.23. The fourth-order valence-electron chi connectivity index (χ4n) is 2.70. The third kappa shape index (κ3) is 3.89. The molecule has 0 fully saturated rings. The van der Waals surface area contributed by atoms with E-state index in [9.17, 15) is 4.79 Å². The summed E-state index contributed by atoms with van der Waals surface area (Å²) in [5.74, 6) is 1.06. The van der Waals surface area contributed by atoms with Gasteiger partial charge in [-0.25, -0.2) is 0 Å². The summed E-state index contributed by atoms with van der Waals surface area (Å²) in [6, 6.07) is 9.97. The van der Waals surface area contributed by atoms with Gasteiger partial charge in [-0.05, 0) is 45.5 Å². The molecule has 1 amide bonds. The van der Waals surface area contributed by atoms with Crippen molar-refractivity contribution in [1.29, 1.82) is 0 Å². The lowest BCUT2D eigenvalue weighted by Crippen LogP contribution is -2.34. The van der Waals surface area contributed by atoms with Crippen LogP contribution >= 0.6 is 0 Å². The smallest absolute Gasteiger partial charge is 0.223 e. The van der Waals surface area contributed by atoms with E-state index >= 15 is 0 Å². The zero-order chi connectivity index (χ0) is 15.9. The Kier molecular flexibility index (Phi) is 6.01. The Morgan fingerprint density at radius 3 is 2.82 bits per heavy atom. The third-order valence-electron chi connectivity index (χ3n) is 3.93. The van der Waals surface area contributed by atoms with Crippen molar-refractivity contribution in [3.05, 3.63) is 36.1 Å². The van der Waals surface area contributed by atoms with E-state index in [2.05, 4.69) is 12.2 Å². The number of nitrogens with zero attached hydrogens (tertiary/aromatic N) is 1. The van der Waals surface area contributed by atoms with Crippen LogP contribution in [0.4, 0.5) is 0 Å². The van der Waals surface area contributed by atoms with Crippen LogP contribution in [0.25, 0.3) is 11.0 Å². The van der Waals surface area contributed by atoms with Crippen molar-refractivity contribution in [2.75, 3.05) is 20.1 Å². The van der Waals surface area contributed by atoms with Gasteiger partial charge in [-0.15, -0.1) is 0 Å². The van der Waals surface area contributed by atoms with Crippen LogP contribution in [0.2, 0.25) is 0 Å². The van der Waals surface area contributed by atoms with Gasteiger partial charge in [0.15, 0.2) is 0 Å². The molecule has 0 aliphatic rings. The molecule has 0 spiro atoms. The van der Waals surface area contributed by atoms with Crippen molar-refractivity contribution in [2.24, 2.45) is 0 Å². The van der Waals surface area contributed by atoms with E-state index in [-0.39, 0.29) is 11.9 Å². The standard InChI is InChI=1S/C18H26N2O2/c1-4-12-20(18(21)10-7-11-19-3)14(2)17-13-15-8-5-6-9-16(15)22-17/h5-6,8-9,13-14,19H,4,7,10-12H2,1-3H3. The van der Waals surface area contributed by atoms with Crippen LogP contribution in [-0.2, 0) is 4.79 Å². The Hall–Kier alpha value is -1.81. The molecular weight excluding hydrogens is 276 g/mol. The molecule has 1 heterocycles. The average molecular weight is 302 g/mol. The molecule has 0 saturated heterocycles. The molecule has 4 heteroatoms. The SMILES string of the molecule is CCCN(C(=O)CCCNC)C(C)c1cc2ccccc2o1. The van der Waals surface area contributed by atoms with Crippen LogP contribution in [-0.4, -0.2) is 30.9 Å². The number of carbonyl (C=O) groups excluding carboxylic acids is 1. The molecule has 0 saturated carbocycles. The van der Waals surface area contributed by atoms with Crippen LogP contribution in [0.5, 0.6) is 0 Å². The third-order valence-corrected chi connectivity index (χ3v) is 3.93. The van der Waals surface area contributed by atoms with Crippen LogP contribution in [0.3, 0.4) is 0 Å². The first-order valence-corrected chi connectivity index (χ1v) is 8.10. The summed E-state index contributed by atoms with van der Waals surface area (Å²) in [4.78, 5) is 14.4. The molecule has 1 N–H and O–H groups in total. The summed E-state index contributed by atoms with van der Waals surface area (Å²) >= 11 is 0. The summed E-state index contributed by atoms with van der Waals surface area (Å²) < 4.78 is 5.93. The number of hydrogen-bond donors (Lipinski definition) is 1. The molecule has 0 radical (unpaired) electrons. The predicted octanol–water partition coefficient (Wildman–Crippen LogP) is 3.73. The highest BCUT2D eigenvalue weighted by Crippen LogP contribution is 2.28. The summed E-state index contributed by atoms with van der Waals surface area (Å²) in [5.41, 5.74) is 0.878. The first-order chi connectivity index (χ1) is 10.7. The Morgan fingerprint density at radius 1 is 1.36 bits per heavy atom. The maximum Gasteiger partial charge on any atom is 0.223 e. The van der Waals surface area contributed by atoms with Gasteiger partial charge >= 0.3 is 0 Å². The quantitative estimate of drug-likeness (QED) is 0.756. The Morgan fingerprint density at radius 2 is 2.14 bits per heavy atom. The summed E-state index contributed by atoms with van der Waals surface area (Å²) in [5, 5.41) is 4.17. The molecule has 2 aromatic rings. The lowest BCUT2D eigenvalue weighted by molar-refractivity contribution is -0.133. The summed E-state index contributed by atoms with van der Waals surface area (Å²) in [7, 11) is 1.91. The molecular formula is C18H26N2O2. The predicted molar refractivity (Wildman–Crippen MR) is 89.8 cm³/mol. The number of benzene rings is 1. The highest BCUT2D eigenvalue weighted by molar-refractivity contribution is 5.79. The molecule has 1 aromatic carbocycles. The molecule has 0 bridgehead atoms. The minimum absolute atomic E-state index is 0.0329. The van der Waals surface area contributed by atoms with E-state index in [1.54, 1.807) is 0 Å². The van der Waals surface area contributed by atoms with E-state index in [0.29, 0.717) is 6.42 Å². The molecule has 1 atom stereocenters. The van der Waals surface area contributed by atoms with Crippen LogP contribution in [0, 0.1) is 0 Å². The first-order valence-electron chi connectivity index (χ1n) is 8.10. The van der Waals surface area contributed by atoms with Gasteiger partial charge in [-0.1, -0.05) is 25.1 Å². The number of fused-ring (bicyclic) bond motifs is 1. The van der Waals surface area contributed by atoms with E-state index in [1.807, 2.05) is 49.2 Å². The van der Waals surface area contributed by atoms with E-state index in [0.717, 1.165) is 42.7 Å². The number of nitrogens with one attached hydrogen (secondary N) is 1. The van der Waals surface area contributed by atoms with Crippen molar-refractivity contribution in [3.63, 3.8) is 0 Å². The number of rotatable bonds is 8. The van der Waals surface area contributed by atoms with Gasteiger partial charge < -0.3 is 14.6 Å². The molecule has 1 aromatic heterocycles. The second-order valence-corrected chi connectivity index (χ2v) is 5.66. The monoisotopic (exact) mass is 302 g/mol. The highest BCUT2D eigenvalue weighted by atomic mass is 16.3. The lowest BCUT2D eigenvalue weighted by atomic mass is 10.1. The molecule has 0 aliphatic carbocycles. The Bertz CT molecular complexity index is 573. The van der Waals surface area contributed by atoms with Gasteiger partial charge in [0, 0.05) is 18.4 Å². The second kappa shape index (κ2) is 7.99. The zero-order valence-electron chi connectivity index (χ0n) is 13.8. The molecule has 4 nitrogen and oxygen atoms in total. The van der Waals surface area contributed by atoms with Crippen molar-refractivity contribution < 1.29 is 9.21 Å². The minimum Gasteiger partial charge on any atom is -0.459 e.